The summed E-state index contributed by atoms with van der Waals surface area (Å²) in [5, 5.41) is 0. The van der Waals surface area contributed by atoms with E-state index >= 15 is 0 Å². The van der Waals surface area contributed by atoms with Gasteiger partial charge in [-0.3, -0.25) is 18.9 Å². The molecule has 0 unspecified atom stereocenters. The Hall–Kier alpha value is -3.01. The van der Waals surface area contributed by atoms with E-state index in [1.165, 1.54) is 22.2 Å². The lowest BCUT2D eigenvalue weighted by Gasteiger charge is -2.18. The molecule has 1 amide bonds. The van der Waals surface area contributed by atoms with Gasteiger partial charge in [-0.1, -0.05) is 48.2 Å². The molecule has 0 bridgehead atoms. The van der Waals surface area contributed by atoms with Gasteiger partial charge in [0.15, 0.2) is 0 Å². The standard InChI is InChI=1S/C23H19N3O4S2/c27-21-17(13-18-22(28)26(23(31)32-18)14-16-9-6-12-29-16)20(30-15-7-2-1-3-8-15)24-19-10-4-5-11-25(19)21/h1-5,7-8,10-11,13,16H,6,9,12,14H2/b18-13-/t16-/m1/s1. The number of nitrogens with zero attached hydrogens (tertiary/aromatic N) is 3. The minimum Gasteiger partial charge on any atom is -0.438 e. The summed E-state index contributed by atoms with van der Waals surface area (Å²) in [4.78, 5) is 32.8. The fourth-order valence-electron chi connectivity index (χ4n) is 3.66. The van der Waals surface area contributed by atoms with Crippen LogP contribution in [0.4, 0.5) is 0 Å². The Kier molecular flexibility index (Phi) is 5.77. The number of para-hydroxylation sites is 1. The second-order valence-electron chi connectivity index (χ2n) is 7.41. The highest BCUT2D eigenvalue weighted by Crippen LogP contribution is 2.34. The summed E-state index contributed by atoms with van der Waals surface area (Å²) in [6.07, 6.45) is 5.04. The largest absolute Gasteiger partial charge is 0.438 e. The van der Waals surface area contributed by atoms with Crippen LogP contribution in [0.2, 0.25) is 0 Å². The Morgan fingerprint density at radius 2 is 2.00 bits per heavy atom. The topological polar surface area (TPSA) is 73.1 Å². The summed E-state index contributed by atoms with van der Waals surface area (Å²) >= 11 is 6.61. The van der Waals surface area contributed by atoms with Gasteiger partial charge in [0.05, 0.1) is 17.6 Å². The van der Waals surface area contributed by atoms with E-state index in [2.05, 4.69) is 4.98 Å². The van der Waals surface area contributed by atoms with Gasteiger partial charge in [0.25, 0.3) is 11.5 Å². The lowest BCUT2D eigenvalue weighted by Crippen LogP contribution is -2.35. The Morgan fingerprint density at radius 3 is 2.78 bits per heavy atom. The van der Waals surface area contributed by atoms with E-state index in [0.29, 0.717) is 33.8 Å². The smallest absolute Gasteiger partial charge is 0.269 e. The van der Waals surface area contributed by atoms with E-state index in [1.54, 1.807) is 41.4 Å². The van der Waals surface area contributed by atoms with Gasteiger partial charge in [-0.15, -0.1) is 0 Å². The number of thioether (sulfide) groups is 1. The van der Waals surface area contributed by atoms with Crippen molar-refractivity contribution < 1.29 is 14.3 Å². The van der Waals surface area contributed by atoms with Crippen molar-refractivity contribution >= 4 is 45.9 Å². The summed E-state index contributed by atoms with van der Waals surface area (Å²) in [6.45, 7) is 1.12. The molecule has 0 spiro atoms. The van der Waals surface area contributed by atoms with Crippen molar-refractivity contribution in [2.24, 2.45) is 0 Å². The number of rotatable bonds is 5. The minimum atomic E-state index is -0.328. The first kappa shape index (κ1) is 20.9. The van der Waals surface area contributed by atoms with E-state index in [4.69, 9.17) is 21.7 Å². The number of thiocarbonyl (C=S) groups is 1. The van der Waals surface area contributed by atoms with Crippen LogP contribution < -0.4 is 10.3 Å². The molecule has 2 aromatic heterocycles. The van der Waals surface area contributed by atoms with Gasteiger partial charge in [0.1, 0.15) is 21.3 Å². The molecule has 2 aliphatic rings. The maximum atomic E-state index is 13.3. The van der Waals surface area contributed by atoms with Crippen LogP contribution in [0.15, 0.2) is 64.4 Å². The summed E-state index contributed by atoms with van der Waals surface area (Å²) in [5.74, 6) is 0.441. The number of benzene rings is 1. The molecule has 0 N–H and O–H groups in total. The minimum absolute atomic E-state index is 0.0122. The van der Waals surface area contributed by atoms with Crippen molar-refractivity contribution in [3.8, 4) is 11.6 Å². The van der Waals surface area contributed by atoms with Crippen LogP contribution in [-0.2, 0) is 9.53 Å². The molecule has 0 aliphatic carbocycles. The zero-order valence-corrected chi connectivity index (χ0v) is 18.6. The highest BCUT2D eigenvalue weighted by molar-refractivity contribution is 8.26. The van der Waals surface area contributed by atoms with Crippen LogP contribution in [0, 0.1) is 0 Å². The van der Waals surface area contributed by atoms with Gasteiger partial charge in [0, 0.05) is 12.8 Å². The molecule has 32 heavy (non-hydrogen) atoms. The fourth-order valence-corrected chi connectivity index (χ4v) is 4.92. The van der Waals surface area contributed by atoms with Crippen LogP contribution in [0.3, 0.4) is 0 Å². The van der Waals surface area contributed by atoms with Crippen molar-refractivity contribution in [1.29, 1.82) is 0 Å². The van der Waals surface area contributed by atoms with E-state index in [9.17, 15) is 9.59 Å². The molecule has 2 aliphatic heterocycles. The van der Waals surface area contributed by atoms with Gasteiger partial charge in [-0.2, -0.15) is 4.98 Å². The Bertz CT molecular complexity index is 1280. The van der Waals surface area contributed by atoms with Gasteiger partial charge < -0.3 is 9.47 Å². The Labute approximate surface area is 193 Å². The van der Waals surface area contributed by atoms with Crippen LogP contribution in [0.1, 0.15) is 18.4 Å². The van der Waals surface area contributed by atoms with Crippen LogP contribution in [0.25, 0.3) is 11.7 Å². The number of carbonyl (C=O) groups is 1. The number of amides is 1. The molecule has 2 fully saturated rings. The summed E-state index contributed by atoms with van der Waals surface area (Å²) in [7, 11) is 0. The third-order valence-corrected chi connectivity index (χ3v) is 6.63. The molecule has 2 saturated heterocycles. The van der Waals surface area contributed by atoms with Crippen LogP contribution in [0.5, 0.6) is 11.6 Å². The third kappa shape index (κ3) is 4.06. The molecular weight excluding hydrogens is 446 g/mol. The van der Waals surface area contributed by atoms with Gasteiger partial charge in [-0.05, 0) is 43.2 Å². The zero-order valence-electron chi connectivity index (χ0n) is 17.0. The van der Waals surface area contributed by atoms with Gasteiger partial charge in [0.2, 0.25) is 5.88 Å². The summed E-state index contributed by atoms with van der Waals surface area (Å²) in [6, 6.07) is 14.4. The number of aromatic nitrogens is 2. The molecule has 0 radical (unpaired) electrons. The van der Waals surface area contributed by atoms with Crippen LogP contribution >= 0.6 is 24.0 Å². The fraction of sp³-hybridized carbons (Fsp3) is 0.217. The normalized spacial score (nSPS) is 19.9. The second-order valence-corrected chi connectivity index (χ2v) is 9.08. The number of ether oxygens (including phenoxy) is 2. The average Bonchev–Trinajstić information content (AvgIpc) is 3.41. The summed E-state index contributed by atoms with van der Waals surface area (Å²) in [5.41, 5.74) is 0.313. The molecule has 1 atom stereocenters. The van der Waals surface area contributed by atoms with Crippen LogP contribution in [-0.4, -0.2) is 43.8 Å². The van der Waals surface area contributed by atoms with Crippen molar-refractivity contribution in [2.45, 2.75) is 18.9 Å². The maximum Gasteiger partial charge on any atom is 0.269 e. The molecule has 7 nitrogen and oxygen atoms in total. The predicted octanol–water partition coefficient (Wildman–Crippen LogP) is 3.87. The highest BCUT2D eigenvalue weighted by atomic mass is 32.2. The number of carbonyl (C=O) groups excluding carboxylic acids is 1. The zero-order chi connectivity index (χ0) is 22.1. The molecule has 4 heterocycles. The first-order valence-electron chi connectivity index (χ1n) is 10.2. The lowest BCUT2D eigenvalue weighted by molar-refractivity contribution is -0.123. The van der Waals surface area contributed by atoms with Crippen molar-refractivity contribution in [3.05, 3.63) is 75.6 Å². The van der Waals surface area contributed by atoms with Crippen molar-refractivity contribution in [3.63, 3.8) is 0 Å². The molecule has 9 heteroatoms. The average molecular weight is 466 g/mol. The molecule has 0 saturated carbocycles. The second kappa shape index (κ2) is 8.85. The van der Waals surface area contributed by atoms with Crippen molar-refractivity contribution in [2.75, 3.05) is 13.2 Å². The molecule has 1 aromatic carbocycles. The predicted molar refractivity (Wildman–Crippen MR) is 127 cm³/mol. The molecule has 5 rings (SSSR count). The lowest BCUT2D eigenvalue weighted by atomic mass is 10.2. The first-order chi connectivity index (χ1) is 15.6. The third-order valence-electron chi connectivity index (χ3n) is 5.25. The number of fused-ring (bicyclic) bond motifs is 1. The molecule has 162 valence electrons. The van der Waals surface area contributed by atoms with E-state index in [1.807, 2.05) is 18.2 Å². The van der Waals surface area contributed by atoms with E-state index in [0.717, 1.165) is 12.8 Å². The first-order valence-corrected chi connectivity index (χ1v) is 11.4. The van der Waals surface area contributed by atoms with E-state index < -0.39 is 0 Å². The summed E-state index contributed by atoms with van der Waals surface area (Å²) < 4.78 is 13.5. The van der Waals surface area contributed by atoms with E-state index in [-0.39, 0.29) is 29.0 Å². The van der Waals surface area contributed by atoms with Gasteiger partial charge in [-0.25, -0.2) is 0 Å². The number of hydrogen-bond acceptors (Lipinski definition) is 7. The SMILES string of the molecule is O=C1/C(=C/c2c(Oc3ccccc3)nc3ccccn3c2=O)SC(=S)N1C[C@H]1CCCO1. The van der Waals surface area contributed by atoms with Gasteiger partial charge >= 0.3 is 0 Å². The Morgan fingerprint density at radius 1 is 1.19 bits per heavy atom. The Balaban J connectivity index is 1.55. The monoisotopic (exact) mass is 465 g/mol. The maximum absolute atomic E-state index is 13.3. The quantitative estimate of drug-likeness (QED) is 0.418. The van der Waals surface area contributed by atoms with Crippen molar-refractivity contribution in [1.82, 2.24) is 14.3 Å². The molecule has 3 aromatic rings. The number of hydrogen-bond donors (Lipinski definition) is 0. The highest BCUT2D eigenvalue weighted by Gasteiger charge is 2.35. The molecular formula is C23H19N3O4S2. The number of pyridine rings is 1.